The van der Waals surface area contributed by atoms with Gasteiger partial charge in [0.15, 0.2) is 0 Å². The molecule has 0 saturated carbocycles. The molecule has 0 bridgehead atoms. The van der Waals surface area contributed by atoms with Gasteiger partial charge in [-0.25, -0.2) is 4.98 Å². The minimum absolute atomic E-state index is 0.0354. The monoisotopic (exact) mass is 466 g/mol. The van der Waals surface area contributed by atoms with Gasteiger partial charge in [0.2, 0.25) is 18.1 Å². The van der Waals surface area contributed by atoms with Gasteiger partial charge in [-0.3, -0.25) is 14.8 Å². The maximum absolute atomic E-state index is 12.6. The molecule has 1 aliphatic rings. The van der Waals surface area contributed by atoms with Gasteiger partial charge in [0.05, 0.1) is 28.1 Å². The number of piperazine rings is 1. The number of aliphatic imine (C=N–C) groups is 1. The van der Waals surface area contributed by atoms with Crippen LogP contribution in [-0.4, -0.2) is 51.5 Å². The van der Waals surface area contributed by atoms with Crippen LogP contribution in [-0.2, 0) is 0 Å². The molecule has 1 fully saturated rings. The zero-order chi connectivity index (χ0) is 24.4. The Morgan fingerprint density at radius 1 is 1.11 bits per heavy atom. The van der Waals surface area contributed by atoms with Crippen molar-refractivity contribution < 1.29 is 0 Å². The molecule has 0 amide bonds. The highest BCUT2D eigenvalue weighted by Gasteiger charge is 2.33. The smallest absolute Gasteiger partial charge is 0.260 e. The quantitative estimate of drug-likeness (QED) is 0.270. The number of benzene rings is 2. The van der Waals surface area contributed by atoms with Crippen LogP contribution < -0.4 is 15.8 Å². The number of aromatic nitrogens is 3. The fraction of sp³-hybridized carbons (Fsp3) is 0.269. The summed E-state index contributed by atoms with van der Waals surface area (Å²) >= 11 is 0. The number of pyridine rings is 1. The molecule has 35 heavy (non-hydrogen) atoms. The third-order valence-electron chi connectivity index (χ3n) is 6.41. The molecule has 9 heteroatoms. The van der Waals surface area contributed by atoms with E-state index in [2.05, 4.69) is 43.9 Å². The van der Waals surface area contributed by atoms with Crippen LogP contribution in [0.15, 0.2) is 70.6 Å². The van der Waals surface area contributed by atoms with Gasteiger partial charge in [-0.1, -0.05) is 32.0 Å². The lowest BCUT2D eigenvalue weighted by atomic mass is 10.00. The van der Waals surface area contributed by atoms with Gasteiger partial charge in [0, 0.05) is 31.2 Å². The zero-order valence-electron chi connectivity index (χ0n) is 19.6. The van der Waals surface area contributed by atoms with Crippen molar-refractivity contribution in [3.05, 3.63) is 71.1 Å². The first-order valence-corrected chi connectivity index (χ1v) is 11.6. The summed E-state index contributed by atoms with van der Waals surface area (Å²) in [6.45, 7) is 6.14. The molecular weight excluding hydrogens is 440 g/mol. The van der Waals surface area contributed by atoms with E-state index in [1.54, 1.807) is 12.3 Å². The molecule has 1 unspecified atom stereocenters. The molecule has 1 atom stereocenters. The van der Waals surface area contributed by atoms with Crippen LogP contribution in [0.2, 0.25) is 0 Å². The van der Waals surface area contributed by atoms with Crippen LogP contribution in [0.1, 0.15) is 13.8 Å². The molecular formula is C26H26N8O. The summed E-state index contributed by atoms with van der Waals surface area (Å²) in [7, 11) is 0. The number of nitriles is 1. The fourth-order valence-electron chi connectivity index (χ4n) is 4.60. The zero-order valence-corrected chi connectivity index (χ0v) is 19.6. The van der Waals surface area contributed by atoms with Crippen molar-refractivity contribution in [1.29, 1.82) is 5.26 Å². The normalized spacial score (nSPS) is 16.6. The second-order valence-corrected chi connectivity index (χ2v) is 8.89. The molecule has 2 N–H and O–H groups in total. The number of fused-ring (bicyclic) bond motifs is 2. The van der Waals surface area contributed by atoms with Gasteiger partial charge in [0.1, 0.15) is 0 Å². The predicted molar refractivity (Wildman–Crippen MR) is 138 cm³/mol. The highest BCUT2D eigenvalue weighted by atomic mass is 16.1. The van der Waals surface area contributed by atoms with Gasteiger partial charge >= 0.3 is 0 Å². The molecule has 4 aromatic rings. The SMILES string of the molecule is CC(C)C1CN(c2nc3ccccc3c(=O)[nH]2)CCN1/C(=N/C#N)Nc1cccc2ncccc12. The largest absolute Gasteiger partial charge is 0.338 e. The number of H-pyrrole nitrogens is 1. The Labute approximate surface area is 202 Å². The molecule has 2 aromatic heterocycles. The molecule has 5 rings (SSSR count). The number of anilines is 2. The molecule has 2 aromatic carbocycles. The van der Waals surface area contributed by atoms with Crippen LogP contribution in [0.5, 0.6) is 0 Å². The van der Waals surface area contributed by atoms with E-state index < -0.39 is 0 Å². The number of hydrogen-bond acceptors (Lipinski definition) is 6. The third kappa shape index (κ3) is 4.38. The van der Waals surface area contributed by atoms with E-state index in [9.17, 15) is 10.1 Å². The second kappa shape index (κ2) is 9.43. The molecule has 176 valence electrons. The van der Waals surface area contributed by atoms with Crippen LogP contribution in [0, 0.1) is 17.4 Å². The molecule has 9 nitrogen and oxygen atoms in total. The summed E-state index contributed by atoms with van der Waals surface area (Å²) in [4.78, 5) is 33.1. The first kappa shape index (κ1) is 22.3. The number of nitrogens with zero attached hydrogens (tertiary/aromatic N) is 6. The Kier molecular flexibility index (Phi) is 6.02. The van der Waals surface area contributed by atoms with Crippen molar-refractivity contribution in [3.63, 3.8) is 0 Å². The Hall–Kier alpha value is -4.45. The van der Waals surface area contributed by atoms with Crippen LogP contribution in [0.3, 0.4) is 0 Å². The fourth-order valence-corrected chi connectivity index (χ4v) is 4.60. The topological polar surface area (TPSA) is 113 Å². The van der Waals surface area contributed by atoms with E-state index >= 15 is 0 Å². The molecule has 1 aliphatic heterocycles. The lowest BCUT2D eigenvalue weighted by Gasteiger charge is -2.44. The van der Waals surface area contributed by atoms with E-state index in [0.717, 1.165) is 16.6 Å². The minimum atomic E-state index is -0.146. The van der Waals surface area contributed by atoms with Gasteiger partial charge in [0.25, 0.3) is 5.56 Å². The van der Waals surface area contributed by atoms with E-state index in [4.69, 9.17) is 4.98 Å². The minimum Gasteiger partial charge on any atom is -0.338 e. The van der Waals surface area contributed by atoms with E-state index in [-0.39, 0.29) is 17.5 Å². The van der Waals surface area contributed by atoms with Crippen LogP contribution >= 0.6 is 0 Å². The predicted octanol–water partition coefficient (Wildman–Crippen LogP) is 3.57. The van der Waals surface area contributed by atoms with Gasteiger partial charge < -0.3 is 15.1 Å². The maximum atomic E-state index is 12.6. The van der Waals surface area contributed by atoms with Crippen molar-refractivity contribution in [3.8, 4) is 6.19 Å². The number of rotatable bonds is 3. The lowest BCUT2D eigenvalue weighted by Crippen LogP contribution is -2.59. The van der Waals surface area contributed by atoms with Crippen LogP contribution in [0.4, 0.5) is 11.6 Å². The summed E-state index contributed by atoms with van der Waals surface area (Å²) < 4.78 is 0. The van der Waals surface area contributed by atoms with Crippen LogP contribution in [0.25, 0.3) is 21.8 Å². The lowest BCUT2D eigenvalue weighted by molar-refractivity contribution is 0.223. The number of hydrogen-bond donors (Lipinski definition) is 2. The Bertz CT molecular complexity index is 1500. The number of guanidine groups is 1. The summed E-state index contributed by atoms with van der Waals surface area (Å²) in [6, 6.07) is 17.1. The van der Waals surface area contributed by atoms with Gasteiger partial charge in [-0.05, 0) is 42.3 Å². The van der Waals surface area contributed by atoms with Gasteiger partial charge in [-0.2, -0.15) is 5.26 Å². The molecule has 1 saturated heterocycles. The summed E-state index contributed by atoms with van der Waals surface area (Å²) in [5.74, 6) is 1.32. The van der Waals surface area contributed by atoms with E-state index in [1.165, 1.54) is 0 Å². The van der Waals surface area contributed by atoms with Crippen molar-refractivity contribution in [2.75, 3.05) is 29.9 Å². The van der Waals surface area contributed by atoms with Crippen molar-refractivity contribution in [2.45, 2.75) is 19.9 Å². The Morgan fingerprint density at radius 2 is 1.91 bits per heavy atom. The number of aromatic amines is 1. The highest BCUT2D eigenvalue weighted by molar-refractivity contribution is 6.02. The Balaban J connectivity index is 1.44. The van der Waals surface area contributed by atoms with Crippen molar-refractivity contribution >= 4 is 39.4 Å². The highest BCUT2D eigenvalue weighted by Crippen LogP contribution is 2.25. The average Bonchev–Trinajstić information content (AvgIpc) is 2.88. The standard InChI is InChI=1S/C26H26N8O/c1-17(2)23-15-33(26-31-22-9-4-3-7-19(22)24(35)32-26)13-14-34(23)25(29-16-27)30-21-11-5-10-20-18(21)8-6-12-28-20/h3-12,17,23H,13-15H2,1-2H3,(H,29,30)(H,31,32,35). The third-order valence-corrected chi connectivity index (χ3v) is 6.41. The number of para-hydroxylation sites is 1. The Morgan fingerprint density at radius 3 is 2.74 bits per heavy atom. The van der Waals surface area contributed by atoms with E-state index in [0.29, 0.717) is 42.4 Å². The van der Waals surface area contributed by atoms with E-state index in [1.807, 2.05) is 54.7 Å². The first-order valence-electron chi connectivity index (χ1n) is 11.6. The second-order valence-electron chi connectivity index (χ2n) is 8.89. The van der Waals surface area contributed by atoms with Crippen molar-refractivity contribution in [2.24, 2.45) is 10.9 Å². The average molecular weight is 467 g/mol. The summed E-state index contributed by atoms with van der Waals surface area (Å²) in [5, 5.41) is 14.4. The molecule has 0 radical (unpaired) electrons. The first-order chi connectivity index (χ1) is 17.0. The molecule has 0 spiro atoms. The molecule has 0 aliphatic carbocycles. The van der Waals surface area contributed by atoms with Gasteiger partial charge in [-0.15, -0.1) is 4.99 Å². The summed E-state index contributed by atoms with van der Waals surface area (Å²) in [5.41, 5.74) is 2.24. The number of nitrogens with one attached hydrogen (secondary N) is 2. The van der Waals surface area contributed by atoms with Crippen molar-refractivity contribution in [1.82, 2.24) is 19.9 Å². The maximum Gasteiger partial charge on any atom is 0.260 e. The summed E-state index contributed by atoms with van der Waals surface area (Å²) in [6.07, 6.45) is 3.72. The molecule has 3 heterocycles.